The summed E-state index contributed by atoms with van der Waals surface area (Å²) in [4.78, 5) is 12.0. The Bertz CT molecular complexity index is 603. The van der Waals surface area contributed by atoms with Gasteiger partial charge in [0.1, 0.15) is 0 Å². The highest BCUT2D eigenvalue weighted by Crippen LogP contribution is 2.29. The molecular formula is C16H17F3N2O2. The van der Waals surface area contributed by atoms with Crippen molar-refractivity contribution in [3.63, 3.8) is 0 Å². The predicted octanol–water partition coefficient (Wildman–Crippen LogP) is 3.50. The van der Waals surface area contributed by atoms with Crippen LogP contribution in [0.1, 0.15) is 25.3 Å². The van der Waals surface area contributed by atoms with Crippen LogP contribution in [0.4, 0.5) is 18.9 Å². The number of amides is 1. The number of nitriles is 1. The fraction of sp³-hybridized carbons (Fsp3) is 0.375. The standard InChI is InChI=1S/C16H17F3N2O2/c1-10(2)3-8-14(22)13(9-20)15(23)21-12-6-4-11(5-7-12)16(17,18)19/h4-7,13-14,22H,1,3,8H2,2H3,(H,21,23). The second kappa shape index (κ2) is 7.79. The van der Waals surface area contributed by atoms with E-state index in [0.717, 1.165) is 29.8 Å². The van der Waals surface area contributed by atoms with Gasteiger partial charge in [-0.3, -0.25) is 4.79 Å². The Hall–Kier alpha value is -2.33. The molecule has 0 aromatic heterocycles. The molecule has 0 saturated heterocycles. The van der Waals surface area contributed by atoms with Crippen molar-refractivity contribution in [1.29, 1.82) is 5.26 Å². The number of carbonyl (C=O) groups excluding carboxylic acids is 1. The minimum absolute atomic E-state index is 0.121. The van der Waals surface area contributed by atoms with Gasteiger partial charge >= 0.3 is 6.18 Å². The van der Waals surface area contributed by atoms with E-state index in [2.05, 4.69) is 11.9 Å². The highest BCUT2D eigenvalue weighted by Gasteiger charge is 2.30. The Morgan fingerprint density at radius 3 is 2.39 bits per heavy atom. The van der Waals surface area contributed by atoms with Gasteiger partial charge in [-0.25, -0.2) is 0 Å². The fourth-order valence-electron chi connectivity index (χ4n) is 1.84. The van der Waals surface area contributed by atoms with Crippen LogP contribution in [0.25, 0.3) is 0 Å². The van der Waals surface area contributed by atoms with E-state index in [4.69, 9.17) is 5.26 Å². The summed E-state index contributed by atoms with van der Waals surface area (Å²) < 4.78 is 37.4. The quantitative estimate of drug-likeness (QED) is 0.786. The zero-order valence-electron chi connectivity index (χ0n) is 12.5. The fourth-order valence-corrected chi connectivity index (χ4v) is 1.84. The van der Waals surface area contributed by atoms with E-state index < -0.39 is 29.7 Å². The van der Waals surface area contributed by atoms with E-state index in [0.29, 0.717) is 6.42 Å². The number of benzene rings is 1. The molecule has 0 bridgehead atoms. The highest BCUT2D eigenvalue weighted by atomic mass is 19.4. The molecule has 1 aromatic carbocycles. The smallest absolute Gasteiger partial charge is 0.391 e. The van der Waals surface area contributed by atoms with Gasteiger partial charge in [-0.15, -0.1) is 6.58 Å². The molecule has 0 heterocycles. The van der Waals surface area contributed by atoms with Crippen LogP contribution in [0.2, 0.25) is 0 Å². The number of nitrogens with zero attached hydrogens (tertiary/aromatic N) is 1. The first-order chi connectivity index (χ1) is 10.6. The lowest BCUT2D eigenvalue weighted by Crippen LogP contribution is -2.31. The zero-order valence-corrected chi connectivity index (χ0v) is 12.5. The van der Waals surface area contributed by atoms with E-state index in [1.165, 1.54) is 0 Å². The number of nitrogens with one attached hydrogen (secondary N) is 1. The van der Waals surface area contributed by atoms with Gasteiger partial charge < -0.3 is 10.4 Å². The van der Waals surface area contributed by atoms with Gasteiger partial charge in [0.25, 0.3) is 0 Å². The van der Waals surface area contributed by atoms with E-state index in [1.807, 2.05) is 0 Å². The summed E-state index contributed by atoms with van der Waals surface area (Å²) in [5.74, 6) is -2.07. The third kappa shape index (κ3) is 5.75. The maximum absolute atomic E-state index is 12.5. The Morgan fingerprint density at radius 2 is 1.96 bits per heavy atom. The number of rotatable bonds is 6. The molecule has 4 nitrogen and oxygen atoms in total. The summed E-state index contributed by atoms with van der Waals surface area (Å²) in [5.41, 5.74) is 0.0908. The molecule has 2 atom stereocenters. The monoisotopic (exact) mass is 326 g/mol. The molecule has 1 amide bonds. The number of hydrogen-bond acceptors (Lipinski definition) is 3. The average Bonchev–Trinajstić information content (AvgIpc) is 2.45. The average molecular weight is 326 g/mol. The van der Waals surface area contributed by atoms with Crippen molar-refractivity contribution >= 4 is 11.6 Å². The molecule has 0 fully saturated rings. The van der Waals surface area contributed by atoms with E-state index in [1.54, 1.807) is 13.0 Å². The van der Waals surface area contributed by atoms with Crippen molar-refractivity contribution in [2.75, 3.05) is 5.32 Å². The minimum Gasteiger partial charge on any atom is -0.391 e. The maximum atomic E-state index is 12.5. The second-order valence-electron chi connectivity index (χ2n) is 5.23. The molecule has 0 saturated carbocycles. The van der Waals surface area contributed by atoms with Gasteiger partial charge in [-0.05, 0) is 44.0 Å². The van der Waals surface area contributed by atoms with Gasteiger partial charge in [-0.2, -0.15) is 18.4 Å². The van der Waals surface area contributed by atoms with Crippen LogP contribution < -0.4 is 5.32 Å². The molecule has 124 valence electrons. The number of aliphatic hydroxyl groups is 1. The SMILES string of the molecule is C=C(C)CCC(O)C(C#N)C(=O)Nc1ccc(C(F)(F)F)cc1. The lowest BCUT2D eigenvalue weighted by Gasteiger charge is -2.16. The lowest BCUT2D eigenvalue weighted by molar-refractivity contribution is -0.137. The van der Waals surface area contributed by atoms with Crippen LogP contribution in [0.15, 0.2) is 36.4 Å². The van der Waals surface area contributed by atoms with Gasteiger partial charge in [-0.1, -0.05) is 5.57 Å². The van der Waals surface area contributed by atoms with Gasteiger partial charge in [0.05, 0.1) is 17.7 Å². The van der Waals surface area contributed by atoms with Gasteiger partial charge in [0.2, 0.25) is 5.91 Å². The van der Waals surface area contributed by atoms with Crippen LogP contribution in [-0.2, 0) is 11.0 Å². The van der Waals surface area contributed by atoms with Crippen molar-refractivity contribution < 1.29 is 23.1 Å². The zero-order chi connectivity index (χ0) is 17.6. The summed E-state index contributed by atoms with van der Waals surface area (Å²) in [6.45, 7) is 5.43. The third-order valence-corrected chi connectivity index (χ3v) is 3.15. The minimum atomic E-state index is -4.46. The van der Waals surface area contributed by atoms with E-state index in [9.17, 15) is 23.1 Å². The highest BCUT2D eigenvalue weighted by molar-refractivity contribution is 5.94. The van der Waals surface area contributed by atoms with Crippen molar-refractivity contribution in [2.24, 2.45) is 5.92 Å². The molecule has 2 unspecified atom stereocenters. The van der Waals surface area contributed by atoms with E-state index in [-0.39, 0.29) is 12.1 Å². The Labute approximate surface area is 132 Å². The first-order valence-corrected chi connectivity index (χ1v) is 6.85. The molecule has 2 N–H and O–H groups in total. The number of allylic oxidation sites excluding steroid dienone is 1. The molecule has 23 heavy (non-hydrogen) atoms. The summed E-state index contributed by atoms with van der Waals surface area (Å²) in [6, 6.07) is 5.55. The summed E-state index contributed by atoms with van der Waals surface area (Å²) in [5, 5.41) is 21.2. The van der Waals surface area contributed by atoms with E-state index >= 15 is 0 Å². The summed E-state index contributed by atoms with van der Waals surface area (Å²) >= 11 is 0. The predicted molar refractivity (Wildman–Crippen MR) is 79.2 cm³/mol. The molecule has 0 aliphatic rings. The number of anilines is 1. The largest absolute Gasteiger partial charge is 0.416 e. The summed E-state index contributed by atoms with van der Waals surface area (Å²) in [7, 11) is 0. The van der Waals surface area contributed by atoms with Crippen molar-refractivity contribution in [3.05, 3.63) is 42.0 Å². The Morgan fingerprint density at radius 1 is 1.39 bits per heavy atom. The number of carbonyl (C=O) groups is 1. The lowest BCUT2D eigenvalue weighted by atomic mass is 9.97. The van der Waals surface area contributed by atoms with Crippen LogP contribution in [-0.4, -0.2) is 17.1 Å². The number of aliphatic hydroxyl groups excluding tert-OH is 1. The van der Waals surface area contributed by atoms with Crippen LogP contribution in [0, 0.1) is 17.2 Å². The second-order valence-corrected chi connectivity index (χ2v) is 5.23. The molecule has 0 spiro atoms. The molecule has 1 aromatic rings. The van der Waals surface area contributed by atoms with Crippen molar-refractivity contribution in [2.45, 2.75) is 32.0 Å². The first-order valence-electron chi connectivity index (χ1n) is 6.85. The number of halogens is 3. The molecule has 1 rings (SSSR count). The first kappa shape index (κ1) is 18.7. The normalized spacial score (nSPS) is 13.7. The Balaban J connectivity index is 2.73. The third-order valence-electron chi connectivity index (χ3n) is 3.15. The van der Waals surface area contributed by atoms with Crippen molar-refractivity contribution in [3.8, 4) is 6.07 Å². The molecular weight excluding hydrogens is 309 g/mol. The van der Waals surface area contributed by atoms with Crippen LogP contribution in [0.5, 0.6) is 0 Å². The van der Waals surface area contributed by atoms with Gasteiger partial charge in [0, 0.05) is 5.69 Å². The van der Waals surface area contributed by atoms with Crippen LogP contribution >= 0.6 is 0 Å². The topological polar surface area (TPSA) is 73.1 Å². The van der Waals surface area contributed by atoms with Gasteiger partial charge in [0.15, 0.2) is 5.92 Å². The Kier molecular flexibility index (Phi) is 6.34. The maximum Gasteiger partial charge on any atom is 0.416 e. The molecule has 0 radical (unpaired) electrons. The number of hydrogen-bond donors (Lipinski definition) is 2. The summed E-state index contributed by atoms with van der Waals surface area (Å²) in [6.07, 6.45) is -4.97. The molecule has 0 aliphatic heterocycles. The molecule has 0 aliphatic carbocycles. The van der Waals surface area contributed by atoms with Crippen LogP contribution in [0.3, 0.4) is 0 Å². The molecule has 7 heteroatoms. The number of alkyl halides is 3. The van der Waals surface area contributed by atoms with Crippen molar-refractivity contribution in [1.82, 2.24) is 0 Å².